The van der Waals surface area contributed by atoms with Crippen molar-refractivity contribution < 1.29 is 4.74 Å². The largest absolute Gasteiger partial charge is 0.457 e. The summed E-state index contributed by atoms with van der Waals surface area (Å²) in [5, 5.41) is 20.9. The Bertz CT molecular complexity index is 939. The minimum Gasteiger partial charge on any atom is -0.457 e. The molecule has 0 aliphatic heterocycles. The minimum absolute atomic E-state index is 0.218. The molecule has 0 aliphatic carbocycles. The zero-order valence-corrected chi connectivity index (χ0v) is 12.5. The fraction of sp³-hybridized carbons (Fsp3) is 0. The lowest BCUT2D eigenvalue weighted by molar-refractivity contribution is 0.483. The number of hydrogen-bond donors (Lipinski definition) is 1. The molecule has 0 saturated heterocycles. The van der Waals surface area contributed by atoms with Crippen molar-refractivity contribution in [2.75, 3.05) is 5.32 Å². The Labute approximate surface area is 138 Å². The van der Waals surface area contributed by atoms with E-state index in [4.69, 9.17) is 15.3 Å². The van der Waals surface area contributed by atoms with Crippen LogP contribution in [0.25, 0.3) is 0 Å². The number of nitriles is 2. The first kappa shape index (κ1) is 15.0. The number of hydrogen-bond acceptors (Lipinski definition) is 6. The minimum atomic E-state index is 0.218. The molecule has 0 spiro atoms. The molecular formula is C18H11N5O. The lowest BCUT2D eigenvalue weighted by Gasteiger charge is -2.09. The zero-order valence-electron chi connectivity index (χ0n) is 12.5. The van der Waals surface area contributed by atoms with Crippen LogP contribution in [0.4, 0.5) is 11.5 Å². The monoisotopic (exact) mass is 313 g/mol. The summed E-state index contributed by atoms with van der Waals surface area (Å²) in [6.07, 6.45) is 2.98. The highest BCUT2D eigenvalue weighted by Crippen LogP contribution is 2.26. The van der Waals surface area contributed by atoms with E-state index in [2.05, 4.69) is 21.4 Å². The number of benzene rings is 2. The molecule has 1 heterocycles. The highest BCUT2D eigenvalue weighted by molar-refractivity contribution is 5.62. The molecule has 6 nitrogen and oxygen atoms in total. The van der Waals surface area contributed by atoms with E-state index in [9.17, 15) is 0 Å². The Balaban J connectivity index is 1.79. The predicted octanol–water partition coefficient (Wildman–Crippen LogP) is 3.76. The predicted molar refractivity (Wildman–Crippen MR) is 87.7 cm³/mol. The molecule has 114 valence electrons. The van der Waals surface area contributed by atoms with Gasteiger partial charge in [0.15, 0.2) is 11.5 Å². The SMILES string of the molecule is N#Cc1ccc(Oc2cccc(Nc3nccnc3C#N)c2)cc1. The molecule has 6 heteroatoms. The van der Waals surface area contributed by atoms with E-state index in [1.807, 2.05) is 24.3 Å². The molecule has 0 amide bonds. The van der Waals surface area contributed by atoms with Crippen LogP contribution in [0.5, 0.6) is 11.5 Å². The van der Waals surface area contributed by atoms with Crippen LogP contribution < -0.4 is 10.1 Å². The van der Waals surface area contributed by atoms with Gasteiger partial charge in [0.1, 0.15) is 17.6 Å². The highest BCUT2D eigenvalue weighted by atomic mass is 16.5. The van der Waals surface area contributed by atoms with Crippen LogP contribution in [-0.2, 0) is 0 Å². The van der Waals surface area contributed by atoms with Crippen LogP contribution in [0, 0.1) is 22.7 Å². The van der Waals surface area contributed by atoms with E-state index in [0.717, 1.165) is 5.69 Å². The Morgan fingerprint density at radius 3 is 2.42 bits per heavy atom. The van der Waals surface area contributed by atoms with Crippen LogP contribution in [0.15, 0.2) is 60.9 Å². The third-order valence-corrected chi connectivity index (χ3v) is 3.12. The molecule has 24 heavy (non-hydrogen) atoms. The fourth-order valence-corrected chi connectivity index (χ4v) is 2.02. The summed E-state index contributed by atoms with van der Waals surface area (Å²) in [5.41, 5.74) is 1.51. The molecular weight excluding hydrogens is 302 g/mol. The van der Waals surface area contributed by atoms with Gasteiger partial charge >= 0.3 is 0 Å². The van der Waals surface area contributed by atoms with Gasteiger partial charge in [0.05, 0.1) is 11.6 Å². The quantitative estimate of drug-likeness (QED) is 0.788. The summed E-state index contributed by atoms with van der Waals surface area (Å²) >= 11 is 0. The third-order valence-electron chi connectivity index (χ3n) is 3.12. The average molecular weight is 313 g/mol. The summed E-state index contributed by atoms with van der Waals surface area (Å²) in [6.45, 7) is 0. The summed E-state index contributed by atoms with van der Waals surface area (Å²) in [5.74, 6) is 1.63. The lowest BCUT2D eigenvalue weighted by atomic mass is 10.2. The van der Waals surface area contributed by atoms with Crippen molar-refractivity contribution in [3.05, 3.63) is 72.2 Å². The second-order valence-corrected chi connectivity index (χ2v) is 4.76. The first-order valence-corrected chi connectivity index (χ1v) is 7.05. The van der Waals surface area contributed by atoms with Gasteiger partial charge in [-0.1, -0.05) is 6.07 Å². The molecule has 0 fully saturated rings. The van der Waals surface area contributed by atoms with Crippen LogP contribution in [0.1, 0.15) is 11.3 Å². The van der Waals surface area contributed by atoms with Gasteiger partial charge in [-0.2, -0.15) is 10.5 Å². The van der Waals surface area contributed by atoms with Crippen LogP contribution >= 0.6 is 0 Å². The molecule has 2 aromatic carbocycles. The standard InChI is InChI=1S/C18H11N5O/c19-11-13-4-6-15(7-5-13)24-16-3-1-2-14(10-16)23-18-17(12-20)21-8-9-22-18/h1-10H,(H,22,23). The summed E-state index contributed by atoms with van der Waals surface area (Å²) < 4.78 is 5.76. The normalized spacial score (nSPS) is 9.58. The Kier molecular flexibility index (Phi) is 4.32. The Morgan fingerprint density at radius 1 is 0.875 bits per heavy atom. The Hall–Kier alpha value is -3.90. The van der Waals surface area contributed by atoms with Crippen molar-refractivity contribution in [1.82, 2.24) is 9.97 Å². The molecule has 1 N–H and O–H groups in total. The van der Waals surface area contributed by atoms with Gasteiger partial charge < -0.3 is 10.1 Å². The highest BCUT2D eigenvalue weighted by Gasteiger charge is 2.05. The van der Waals surface area contributed by atoms with Gasteiger partial charge in [-0.05, 0) is 36.4 Å². The summed E-state index contributed by atoms with van der Waals surface area (Å²) in [6, 6.07) is 18.1. The maximum atomic E-state index is 9.05. The molecule has 0 atom stereocenters. The molecule has 3 aromatic rings. The first-order valence-electron chi connectivity index (χ1n) is 7.05. The maximum absolute atomic E-state index is 9.05. The van der Waals surface area contributed by atoms with Gasteiger partial charge in [-0.15, -0.1) is 0 Å². The molecule has 1 aromatic heterocycles. The van der Waals surface area contributed by atoms with E-state index in [0.29, 0.717) is 22.9 Å². The van der Waals surface area contributed by atoms with Gasteiger partial charge in [0.25, 0.3) is 0 Å². The number of anilines is 2. The van der Waals surface area contributed by atoms with Crippen molar-refractivity contribution in [3.8, 4) is 23.6 Å². The van der Waals surface area contributed by atoms with Crippen molar-refractivity contribution >= 4 is 11.5 Å². The molecule has 0 unspecified atom stereocenters. The van der Waals surface area contributed by atoms with E-state index in [-0.39, 0.29) is 5.69 Å². The van der Waals surface area contributed by atoms with E-state index < -0.39 is 0 Å². The number of nitrogens with zero attached hydrogens (tertiary/aromatic N) is 4. The van der Waals surface area contributed by atoms with Crippen LogP contribution in [0.2, 0.25) is 0 Å². The number of ether oxygens (including phenoxy) is 1. The van der Waals surface area contributed by atoms with Gasteiger partial charge in [0.2, 0.25) is 0 Å². The summed E-state index contributed by atoms with van der Waals surface area (Å²) in [7, 11) is 0. The number of rotatable bonds is 4. The smallest absolute Gasteiger partial charge is 0.183 e. The molecule has 0 bridgehead atoms. The maximum Gasteiger partial charge on any atom is 0.183 e. The van der Waals surface area contributed by atoms with E-state index in [1.54, 1.807) is 30.3 Å². The van der Waals surface area contributed by atoms with Crippen molar-refractivity contribution in [3.63, 3.8) is 0 Å². The third kappa shape index (κ3) is 3.46. The molecule has 0 saturated carbocycles. The van der Waals surface area contributed by atoms with E-state index >= 15 is 0 Å². The molecule has 0 radical (unpaired) electrons. The average Bonchev–Trinajstić information content (AvgIpc) is 2.63. The van der Waals surface area contributed by atoms with Crippen molar-refractivity contribution in [1.29, 1.82) is 10.5 Å². The van der Waals surface area contributed by atoms with Crippen molar-refractivity contribution in [2.45, 2.75) is 0 Å². The van der Waals surface area contributed by atoms with Gasteiger partial charge in [0, 0.05) is 24.1 Å². The second-order valence-electron chi connectivity index (χ2n) is 4.76. The zero-order chi connectivity index (χ0) is 16.8. The molecule has 0 aliphatic rings. The van der Waals surface area contributed by atoms with Crippen LogP contribution in [-0.4, -0.2) is 9.97 Å². The summed E-state index contributed by atoms with van der Waals surface area (Å²) in [4.78, 5) is 8.07. The topological polar surface area (TPSA) is 94.6 Å². The Morgan fingerprint density at radius 2 is 1.67 bits per heavy atom. The van der Waals surface area contributed by atoms with Crippen LogP contribution in [0.3, 0.4) is 0 Å². The number of aromatic nitrogens is 2. The molecule has 3 rings (SSSR count). The van der Waals surface area contributed by atoms with E-state index in [1.165, 1.54) is 12.4 Å². The van der Waals surface area contributed by atoms with Gasteiger partial charge in [-0.25, -0.2) is 9.97 Å². The van der Waals surface area contributed by atoms with Gasteiger partial charge in [-0.3, -0.25) is 0 Å². The van der Waals surface area contributed by atoms with Crippen molar-refractivity contribution in [2.24, 2.45) is 0 Å². The lowest BCUT2D eigenvalue weighted by Crippen LogP contribution is -1.98. The second kappa shape index (κ2) is 6.91. The first-order chi connectivity index (χ1) is 11.8. The number of nitrogens with one attached hydrogen (secondary N) is 1. The fourth-order valence-electron chi connectivity index (χ4n) is 2.02.